The van der Waals surface area contributed by atoms with Crippen LogP contribution in [0.3, 0.4) is 0 Å². The molecule has 1 N–H and O–H groups in total. The molecule has 0 saturated carbocycles. The Labute approximate surface area is 190 Å². The number of unbranched alkanes of at least 4 members (excludes halogenated alkanes) is 3. The smallest absolute Gasteiger partial charge is 0.271 e. The third-order valence-electron chi connectivity index (χ3n) is 4.91. The minimum absolute atomic E-state index is 0.279. The van der Waals surface area contributed by atoms with E-state index in [1.807, 2.05) is 66.7 Å². The lowest BCUT2D eigenvalue weighted by Crippen LogP contribution is -2.17. The molecule has 0 saturated heterocycles. The van der Waals surface area contributed by atoms with Crippen molar-refractivity contribution in [3.8, 4) is 11.5 Å². The molecular formula is C27H30N2O3. The van der Waals surface area contributed by atoms with Crippen LogP contribution in [0.4, 0.5) is 0 Å². The van der Waals surface area contributed by atoms with Gasteiger partial charge in [0.1, 0.15) is 18.1 Å². The molecule has 3 rings (SSSR count). The van der Waals surface area contributed by atoms with Crippen LogP contribution in [0, 0.1) is 0 Å². The monoisotopic (exact) mass is 430 g/mol. The van der Waals surface area contributed by atoms with Crippen LogP contribution in [-0.2, 0) is 6.61 Å². The number of nitrogens with zero attached hydrogens (tertiary/aromatic N) is 1. The van der Waals surface area contributed by atoms with Gasteiger partial charge < -0.3 is 9.47 Å². The van der Waals surface area contributed by atoms with Gasteiger partial charge in [-0.2, -0.15) is 5.10 Å². The highest BCUT2D eigenvalue weighted by atomic mass is 16.5. The van der Waals surface area contributed by atoms with Crippen LogP contribution in [0.1, 0.15) is 54.1 Å². The molecule has 0 atom stereocenters. The summed E-state index contributed by atoms with van der Waals surface area (Å²) in [5, 5.41) is 4.10. The van der Waals surface area contributed by atoms with E-state index in [0.717, 1.165) is 23.3 Å². The Morgan fingerprint density at radius 1 is 0.875 bits per heavy atom. The third-order valence-corrected chi connectivity index (χ3v) is 4.91. The quantitative estimate of drug-likeness (QED) is 0.218. The van der Waals surface area contributed by atoms with Gasteiger partial charge in [0.25, 0.3) is 5.91 Å². The predicted octanol–water partition coefficient (Wildman–Crippen LogP) is 5.99. The molecule has 3 aromatic rings. The maximum atomic E-state index is 12.4. The van der Waals surface area contributed by atoms with Gasteiger partial charge in [0.05, 0.1) is 12.8 Å². The molecule has 166 valence electrons. The van der Waals surface area contributed by atoms with Crippen LogP contribution in [0.2, 0.25) is 0 Å². The molecule has 0 aromatic heterocycles. The lowest BCUT2D eigenvalue weighted by atomic mass is 10.2. The highest BCUT2D eigenvalue weighted by molar-refractivity contribution is 5.95. The first-order chi connectivity index (χ1) is 15.8. The minimum atomic E-state index is -0.279. The number of ether oxygens (including phenoxy) is 2. The van der Waals surface area contributed by atoms with Crippen molar-refractivity contribution in [3.63, 3.8) is 0 Å². The van der Waals surface area contributed by atoms with Crippen LogP contribution in [0.15, 0.2) is 84.0 Å². The molecule has 0 bridgehead atoms. The van der Waals surface area contributed by atoms with Gasteiger partial charge in [-0.05, 0) is 48.4 Å². The minimum Gasteiger partial charge on any atom is -0.494 e. The highest BCUT2D eigenvalue weighted by Crippen LogP contribution is 2.18. The molecule has 5 nitrogen and oxygen atoms in total. The summed E-state index contributed by atoms with van der Waals surface area (Å²) in [4.78, 5) is 12.4. The van der Waals surface area contributed by atoms with Crippen LogP contribution >= 0.6 is 0 Å². The van der Waals surface area contributed by atoms with Crippen molar-refractivity contribution < 1.29 is 14.3 Å². The fourth-order valence-corrected chi connectivity index (χ4v) is 3.10. The van der Waals surface area contributed by atoms with Gasteiger partial charge in [0.2, 0.25) is 0 Å². The third kappa shape index (κ3) is 7.58. The van der Waals surface area contributed by atoms with Gasteiger partial charge >= 0.3 is 0 Å². The average molecular weight is 431 g/mol. The lowest BCUT2D eigenvalue weighted by Gasteiger charge is -2.09. The number of hydrogen-bond acceptors (Lipinski definition) is 4. The number of hydrazone groups is 1. The largest absolute Gasteiger partial charge is 0.494 e. The van der Waals surface area contributed by atoms with Gasteiger partial charge in [-0.15, -0.1) is 0 Å². The number of benzene rings is 3. The first kappa shape index (κ1) is 23.1. The van der Waals surface area contributed by atoms with E-state index in [9.17, 15) is 4.79 Å². The predicted molar refractivity (Wildman–Crippen MR) is 128 cm³/mol. The summed E-state index contributed by atoms with van der Waals surface area (Å²) in [6, 6.07) is 24.6. The SMILES string of the molecule is CCCCCCOc1ccc(C(=O)NN=Cc2ccccc2OCc2ccccc2)cc1. The van der Waals surface area contributed by atoms with Crippen molar-refractivity contribution in [1.82, 2.24) is 5.43 Å². The first-order valence-electron chi connectivity index (χ1n) is 11.1. The molecule has 0 aliphatic carbocycles. The lowest BCUT2D eigenvalue weighted by molar-refractivity contribution is 0.0955. The summed E-state index contributed by atoms with van der Waals surface area (Å²) in [5.74, 6) is 1.19. The van der Waals surface area contributed by atoms with Crippen molar-refractivity contribution in [2.45, 2.75) is 39.2 Å². The zero-order chi connectivity index (χ0) is 22.4. The second-order valence-electron chi connectivity index (χ2n) is 7.44. The highest BCUT2D eigenvalue weighted by Gasteiger charge is 2.05. The van der Waals surface area contributed by atoms with Crippen LogP contribution in [-0.4, -0.2) is 18.7 Å². The first-order valence-corrected chi connectivity index (χ1v) is 11.1. The maximum absolute atomic E-state index is 12.4. The van der Waals surface area contributed by atoms with Crippen LogP contribution in [0.5, 0.6) is 11.5 Å². The average Bonchev–Trinajstić information content (AvgIpc) is 2.84. The molecule has 0 aliphatic rings. The molecule has 32 heavy (non-hydrogen) atoms. The summed E-state index contributed by atoms with van der Waals surface area (Å²) in [7, 11) is 0. The second-order valence-corrected chi connectivity index (χ2v) is 7.44. The van der Waals surface area contributed by atoms with Crippen molar-refractivity contribution in [3.05, 3.63) is 95.6 Å². The van der Waals surface area contributed by atoms with Gasteiger partial charge in [-0.1, -0.05) is 68.7 Å². The van der Waals surface area contributed by atoms with Gasteiger partial charge in [0, 0.05) is 11.1 Å². The molecule has 0 spiro atoms. The number of nitrogens with one attached hydrogen (secondary N) is 1. The Hall–Kier alpha value is -3.60. The van der Waals surface area contributed by atoms with Gasteiger partial charge in [0.15, 0.2) is 0 Å². The van der Waals surface area contributed by atoms with Crippen molar-refractivity contribution >= 4 is 12.1 Å². The van der Waals surface area contributed by atoms with E-state index in [0.29, 0.717) is 24.5 Å². The van der Waals surface area contributed by atoms with Crippen molar-refractivity contribution in [2.75, 3.05) is 6.61 Å². The van der Waals surface area contributed by atoms with Crippen molar-refractivity contribution in [1.29, 1.82) is 0 Å². The van der Waals surface area contributed by atoms with E-state index in [1.165, 1.54) is 19.3 Å². The normalized spacial score (nSPS) is 10.8. The van der Waals surface area contributed by atoms with Gasteiger partial charge in [-0.3, -0.25) is 4.79 Å². The number of hydrogen-bond donors (Lipinski definition) is 1. The van der Waals surface area contributed by atoms with Crippen molar-refractivity contribution in [2.24, 2.45) is 5.10 Å². The molecular weight excluding hydrogens is 400 g/mol. The Kier molecular flexibility index (Phi) is 9.34. The van der Waals surface area contributed by atoms with E-state index >= 15 is 0 Å². The van der Waals surface area contributed by atoms with E-state index in [4.69, 9.17) is 9.47 Å². The zero-order valence-electron chi connectivity index (χ0n) is 18.5. The summed E-state index contributed by atoms with van der Waals surface area (Å²) in [6.45, 7) is 3.35. The summed E-state index contributed by atoms with van der Waals surface area (Å²) >= 11 is 0. The summed E-state index contributed by atoms with van der Waals surface area (Å²) in [5.41, 5.74) is 4.96. The molecule has 0 radical (unpaired) electrons. The second kappa shape index (κ2) is 13.0. The van der Waals surface area contributed by atoms with Gasteiger partial charge in [-0.25, -0.2) is 5.43 Å². The Balaban J connectivity index is 1.49. The molecule has 3 aromatic carbocycles. The number of carbonyl (C=O) groups excluding carboxylic acids is 1. The van der Waals surface area contributed by atoms with E-state index in [-0.39, 0.29) is 5.91 Å². The standard InChI is InChI=1S/C27H30N2O3/c1-2-3-4-10-19-31-25-17-15-23(16-18-25)27(30)29-28-20-24-13-8-9-14-26(24)32-21-22-11-6-5-7-12-22/h5-9,11-18,20H,2-4,10,19,21H2,1H3,(H,29,30). The van der Waals surface area contributed by atoms with E-state index < -0.39 is 0 Å². The summed E-state index contributed by atoms with van der Waals surface area (Å²) < 4.78 is 11.6. The fraction of sp³-hybridized carbons (Fsp3) is 0.259. The Morgan fingerprint density at radius 2 is 1.62 bits per heavy atom. The number of carbonyl (C=O) groups is 1. The van der Waals surface area contributed by atoms with Crippen LogP contribution < -0.4 is 14.9 Å². The summed E-state index contributed by atoms with van der Waals surface area (Å²) in [6.07, 6.45) is 6.24. The zero-order valence-corrected chi connectivity index (χ0v) is 18.5. The molecule has 5 heteroatoms. The molecule has 0 aliphatic heterocycles. The number of para-hydroxylation sites is 1. The van der Waals surface area contributed by atoms with E-state index in [1.54, 1.807) is 18.3 Å². The number of rotatable bonds is 12. The molecule has 0 unspecified atom stereocenters. The van der Waals surface area contributed by atoms with Crippen LogP contribution in [0.25, 0.3) is 0 Å². The Bertz CT molecular complexity index is 985. The number of amides is 1. The topological polar surface area (TPSA) is 59.9 Å². The van der Waals surface area contributed by atoms with E-state index in [2.05, 4.69) is 17.5 Å². The Morgan fingerprint density at radius 3 is 2.41 bits per heavy atom. The molecule has 1 amide bonds. The molecule has 0 fully saturated rings. The fourth-order valence-electron chi connectivity index (χ4n) is 3.10. The maximum Gasteiger partial charge on any atom is 0.271 e. The molecule has 0 heterocycles.